The summed E-state index contributed by atoms with van der Waals surface area (Å²) in [5, 5.41) is 45.6. The molecule has 0 aliphatic carbocycles. The first-order valence-electron chi connectivity index (χ1n) is 25.5. The Morgan fingerprint density at radius 2 is 0.932 bits per heavy atom. The van der Waals surface area contributed by atoms with Crippen molar-refractivity contribution in [2.45, 2.75) is 172 Å². The predicted octanol–water partition coefficient (Wildman–Crippen LogP) is -4.09. The highest BCUT2D eigenvalue weighted by Crippen LogP contribution is 2.12. The van der Waals surface area contributed by atoms with E-state index in [1.165, 1.54) is 44.9 Å². The van der Waals surface area contributed by atoms with Gasteiger partial charge in [0.25, 0.3) is 0 Å². The van der Waals surface area contributed by atoms with Gasteiger partial charge in [0.05, 0.1) is 45.4 Å². The van der Waals surface area contributed by atoms with Gasteiger partial charge < -0.3 is 91.7 Å². The van der Waals surface area contributed by atoms with Crippen LogP contribution in [0.5, 0.6) is 0 Å². The van der Waals surface area contributed by atoms with Gasteiger partial charge in [-0.25, -0.2) is 4.79 Å². The fourth-order valence-electron chi connectivity index (χ4n) is 7.05. The molecule has 0 radical (unpaired) electrons. The Morgan fingerprint density at radius 1 is 0.500 bits per heavy atom. The Kier molecular flexibility index (Phi) is 38.4. The number of amides is 7. The van der Waals surface area contributed by atoms with Crippen LogP contribution in [0.25, 0.3) is 0 Å². The van der Waals surface area contributed by atoms with Crippen LogP contribution >= 0.6 is 0 Å². The van der Waals surface area contributed by atoms with Crippen LogP contribution in [-0.2, 0) is 47.9 Å². The third kappa shape index (κ3) is 34.1. The molecule has 0 aromatic carbocycles. The molecule has 0 heterocycles. The Balaban J connectivity index is 5.63. The van der Waals surface area contributed by atoms with Crippen LogP contribution < -0.4 is 71.6 Å². The zero-order valence-corrected chi connectivity index (χ0v) is 43.0. The van der Waals surface area contributed by atoms with E-state index in [0.717, 1.165) is 25.7 Å². The maximum Gasteiger partial charge on any atom is 0.331 e. The summed E-state index contributed by atoms with van der Waals surface area (Å²) in [4.78, 5) is 124. The molecule has 0 fully saturated rings. The van der Waals surface area contributed by atoms with Gasteiger partial charge in [0.1, 0.15) is 24.2 Å². The summed E-state index contributed by atoms with van der Waals surface area (Å²) in [7, 11) is 0. The lowest BCUT2D eigenvalue weighted by Gasteiger charge is -2.25. The molecule has 22 N–H and O–H groups in total. The first-order valence-corrected chi connectivity index (χ1v) is 25.5. The lowest BCUT2D eigenvalue weighted by atomic mass is 10.1. The predicted molar refractivity (Wildman–Crippen MR) is 275 cm³/mol. The normalized spacial score (nSPS) is 13.3. The van der Waals surface area contributed by atoms with Gasteiger partial charge in [-0.3, -0.25) is 48.3 Å². The molecule has 0 spiro atoms. The smallest absolute Gasteiger partial charge is 0.331 e. The van der Waals surface area contributed by atoms with E-state index in [4.69, 9.17) is 39.1 Å². The lowest BCUT2D eigenvalue weighted by Crippen LogP contribution is -2.58. The molecule has 0 saturated carbocycles. The molecule has 6 atom stereocenters. The van der Waals surface area contributed by atoms with Crippen LogP contribution in [0.3, 0.4) is 0 Å². The van der Waals surface area contributed by atoms with E-state index in [9.17, 15) is 58.5 Å². The molecule has 74 heavy (non-hydrogen) atoms. The molecular weight excluding hydrogens is 971 g/mol. The summed E-state index contributed by atoms with van der Waals surface area (Å²) < 4.78 is 5.23. The van der Waals surface area contributed by atoms with E-state index in [1.807, 2.05) is 0 Å². The van der Waals surface area contributed by atoms with Crippen LogP contribution in [0.2, 0.25) is 0 Å². The summed E-state index contributed by atoms with van der Waals surface area (Å²) in [5.74, 6) is -9.41. The van der Waals surface area contributed by atoms with Crippen molar-refractivity contribution in [3.63, 3.8) is 0 Å². The number of carbonyl (C=O) groups excluding carboxylic acids is 8. The number of hydrogen-bond donors (Lipinski definition) is 16. The molecule has 28 nitrogen and oxygen atoms in total. The number of nitrogens with two attached hydrogens (primary N) is 6. The van der Waals surface area contributed by atoms with Gasteiger partial charge in [-0.1, -0.05) is 77.6 Å². The molecule has 0 aliphatic heterocycles. The first-order chi connectivity index (χ1) is 35.3. The molecule has 0 unspecified atom stereocenters. The number of hydrogen-bond acceptors (Lipinski definition) is 16. The van der Waals surface area contributed by atoms with Crippen molar-refractivity contribution in [2.75, 3.05) is 52.5 Å². The molecule has 0 rings (SSSR count). The van der Waals surface area contributed by atoms with Gasteiger partial charge >= 0.3 is 11.9 Å². The number of guanidine groups is 2. The van der Waals surface area contributed by atoms with E-state index < -0.39 is 122 Å². The molecule has 0 aromatic rings. The van der Waals surface area contributed by atoms with Crippen LogP contribution in [0, 0.1) is 0 Å². The minimum atomic E-state index is -1.77. The highest BCUT2D eigenvalue weighted by Gasteiger charge is 2.32. The van der Waals surface area contributed by atoms with Gasteiger partial charge in [-0.05, 0) is 57.9 Å². The summed E-state index contributed by atoms with van der Waals surface area (Å²) in [6.45, 7) is -0.578. The number of aliphatic hydroxyl groups is 2. The van der Waals surface area contributed by atoms with Crippen LogP contribution in [-0.4, -0.2) is 169 Å². The summed E-state index contributed by atoms with van der Waals surface area (Å²) in [6.07, 6.45) is 13.5. The van der Waals surface area contributed by atoms with E-state index >= 15 is 0 Å². The van der Waals surface area contributed by atoms with Crippen molar-refractivity contribution >= 4 is 65.2 Å². The highest BCUT2D eigenvalue weighted by molar-refractivity contribution is 5.97. The van der Waals surface area contributed by atoms with E-state index in [0.29, 0.717) is 25.7 Å². The lowest BCUT2D eigenvalue weighted by molar-refractivity contribution is -0.149. The second-order valence-electron chi connectivity index (χ2n) is 17.7. The number of rotatable bonds is 44. The number of aliphatic hydroxyl groups excluding tert-OH is 2. The quantitative estimate of drug-likeness (QED) is 0.0119. The summed E-state index contributed by atoms with van der Waals surface area (Å²) >= 11 is 0. The Hall–Kier alpha value is -6.39. The van der Waals surface area contributed by atoms with Gasteiger partial charge in [0.15, 0.2) is 18.0 Å². The summed E-state index contributed by atoms with van der Waals surface area (Å²) in [6, 6.07) is -8.71. The molecule has 0 aromatic heterocycles. The van der Waals surface area contributed by atoms with Gasteiger partial charge in [-0.2, -0.15) is 0 Å². The fraction of sp³-hybridized carbons (Fsp3) is 0.761. The number of nitrogens with one attached hydrogen (secondary N) is 7. The maximum atomic E-state index is 13.8. The number of ether oxygens (including phenoxy) is 1. The molecule has 0 saturated heterocycles. The number of unbranched alkanes of at least 4 members (excludes halogenated alkanes) is 12. The number of carboxylic acids is 1. The van der Waals surface area contributed by atoms with E-state index in [-0.39, 0.29) is 63.8 Å². The monoisotopic (exact) mass is 1060 g/mol. The number of carbonyl (C=O) groups is 9. The zero-order chi connectivity index (χ0) is 55.7. The van der Waals surface area contributed by atoms with Crippen LogP contribution in [0.15, 0.2) is 9.98 Å². The third-order valence-corrected chi connectivity index (χ3v) is 11.2. The van der Waals surface area contributed by atoms with Gasteiger partial charge in [0, 0.05) is 13.1 Å². The highest BCUT2D eigenvalue weighted by atomic mass is 16.5. The maximum absolute atomic E-state index is 13.8. The molecule has 424 valence electrons. The van der Waals surface area contributed by atoms with Crippen molar-refractivity contribution in [3.05, 3.63) is 0 Å². The van der Waals surface area contributed by atoms with Crippen LogP contribution in [0.1, 0.15) is 135 Å². The largest absolute Gasteiger partial charge is 0.481 e. The standard InChI is InChI=1S/C46H87N15O13/c1-2-3-4-5-6-7-8-9-10-11-12-15-24-74-44(73)35(29-63)61-42(71)33(25-38(66)67)57-36(64)27-56-40(69)31(20-17-23-54-46(51)52)59-41(70)32(19-13-14-21-47)60-43(72)34(28-62)58-37(65)26-55-39(68)30(48)18-16-22-53-45(49)50/h30-35,62-63H,2-29,47-48H2,1H3,(H,55,68)(H,56,69)(H,57,64)(H,58,65)(H,59,70)(H,60,72)(H,61,71)(H,66,67)(H4,49,50,53)(H4,51,52,54)/t30-,31-,32-,33-,34-,35-/m0/s1. The Morgan fingerprint density at radius 3 is 1.43 bits per heavy atom. The number of nitrogens with zero attached hydrogens (tertiary/aromatic N) is 2. The van der Waals surface area contributed by atoms with E-state index in [1.54, 1.807) is 0 Å². The average molecular weight is 1060 g/mol. The Labute approximate surface area is 433 Å². The van der Waals surface area contributed by atoms with Crippen molar-refractivity contribution in [2.24, 2.45) is 44.4 Å². The van der Waals surface area contributed by atoms with Crippen LogP contribution in [0.4, 0.5) is 0 Å². The van der Waals surface area contributed by atoms with Crippen molar-refractivity contribution in [1.29, 1.82) is 0 Å². The minimum absolute atomic E-state index is 0.0105. The van der Waals surface area contributed by atoms with Crippen molar-refractivity contribution in [3.8, 4) is 0 Å². The second-order valence-corrected chi connectivity index (χ2v) is 17.7. The van der Waals surface area contributed by atoms with Crippen molar-refractivity contribution < 1.29 is 63.2 Å². The molecule has 0 aliphatic rings. The second kappa shape index (κ2) is 42.0. The number of carboxylic acid groups (broad SMARTS) is 1. The topological polar surface area (TPSA) is 489 Å². The van der Waals surface area contributed by atoms with Gasteiger partial charge in [-0.15, -0.1) is 0 Å². The molecule has 7 amide bonds. The first kappa shape index (κ1) is 67.6. The molecule has 0 bridgehead atoms. The fourth-order valence-corrected chi connectivity index (χ4v) is 7.05. The van der Waals surface area contributed by atoms with E-state index in [2.05, 4.69) is 54.1 Å². The average Bonchev–Trinajstić information content (AvgIpc) is 3.35. The minimum Gasteiger partial charge on any atom is -0.481 e. The zero-order valence-electron chi connectivity index (χ0n) is 43.0. The molecule has 28 heteroatoms. The SMILES string of the molecule is CCCCCCCCCCCCCCOC(=O)[C@H](CO)NC(=O)[C@H](CC(=O)O)NC(=O)CNC(=O)[C@H](CCCN=C(N)N)NC(=O)[C@H](CCCCN)NC(=O)[C@H](CO)NC(=O)CNC(=O)[C@@H](N)CCCN=C(N)N. The van der Waals surface area contributed by atoms with Gasteiger partial charge in [0.2, 0.25) is 41.4 Å². The van der Waals surface area contributed by atoms with Crippen molar-refractivity contribution in [1.82, 2.24) is 37.2 Å². The number of aliphatic imine (C=N–C) groups is 2. The third-order valence-electron chi connectivity index (χ3n) is 11.2. The summed E-state index contributed by atoms with van der Waals surface area (Å²) in [5.41, 5.74) is 32.9. The number of aliphatic carboxylic acids is 1. The Bertz CT molecular complexity index is 1770. The number of esters is 1. The molecular formula is C46H87N15O13.